The number of piperidine rings is 1. The topological polar surface area (TPSA) is 64.7 Å². The van der Waals surface area contributed by atoms with Gasteiger partial charge in [-0.25, -0.2) is 9.59 Å². The number of nitrogens with one attached hydrogen (secondary N) is 2. The van der Waals surface area contributed by atoms with Crippen LogP contribution in [0.3, 0.4) is 0 Å². The van der Waals surface area contributed by atoms with E-state index < -0.39 is 0 Å². The Morgan fingerprint density at radius 1 is 1.07 bits per heavy atom. The molecule has 4 rings (SSSR count). The van der Waals surface area contributed by atoms with Crippen LogP contribution in [-0.2, 0) is 6.54 Å². The van der Waals surface area contributed by atoms with Crippen LogP contribution in [0.4, 0.5) is 9.59 Å². The van der Waals surface area contributed by atoms with Crippen molar-refractivity contribution in [1.29, 1.82) is 0 Å². The second-order valence-corrected chi connectivity index (χ2v) is 8.43. The fourth-order valence-corrected chi connectivity index (χ4v) is 4.44. The van der Waals surface area contributed by atoms with Crippen LogP contribution < -0.4 is 10.6 Å². The highest BCUT2D eigenvalue weighted by atomic mass is 16.2. The molecule has 2 fully saturated rings. The van der Waals surface area contributed by atoms with Crippen molar-refractivity contribution >= 4 is 22.8 Å². The van der Waals surface area contributed by atoms with E-state index in [1.54, 1.807) is 7.05 Å². The predicted octanol–water partition coefficient (Wildman–Crippen LogP) is 3.56. The van der Waals surface area contributed by atoms with Gasteiger partial charge in [-0.2, -0.15) is 0 Å². The van der Waals surface area contributed by atoms with E-state index in [-0.39, 0.29) is 18.1 Å². The van der Waals surface area contributed by atoms with E-state index in [0.29, 0.717) is 25.0 Å². The molecular weight excluding hydrogens is 364 g/mol. The van der Waals surface area contributed by atoms with Crippen molar-refractivity contribution in [1.82, 2.24) is 20.4 Å². The van der Waals surface area contributed by atoms with Crippen molar-refractivity contribution in [2.45, 2.75) is 44.8 Å². The molecule has 4 amide bonds. The first kappa shape index (κ1) is 19.6. The molecule has 2 N–H and O–H groups in total. The molecule has 1 heterocycles. The summed E-state index contributed by atoms with van der Waals surface area (Å²) < 4.78 is 0. The van der Waals surface area contributed by atoms with Gasteiger partial charge in [-0.05, 0) is 47.6 Å². The van der Waals surface area contributed by atoms with Crippen LogP contribution in [0.15, 0.2) is 42.5 Å². The molecule has 2 aliphatic rings. The average molecular weight is 395 g/mol. The summed E-state index contributed by atoms with van der Waals surface area (Å²) in [6, 6.07) is 14.8. The van der Waals surface area contributed by atoms with Gasteiger partial charge in [0.1, 0.15) is 0 Å². The zero-order valence-electron chi connectivity index (χ0n) is 17.2. The second kappa shape index (κ2) is 8.31. The Balaban J connectivity index is 1.43. The number of amides is 4. The highest BCUT2D eigenvalue weighted by molar-refractivity contribution is 5.83. The first-order valence-corrected chi connectivity index (χ1v) is 10.6. The molecule has 1 saturated heterocycles. The second-order valence-electron chi connectivity index (χ2n) is 8.43. The molecule has 6 heteroatoms. The number of urea groups is 2. The van der Waals surface area contributed by atoms with E-state index in [9.17, 15) is 9.59 Å². The van der Waals surface area contributed by atoms with Crippen molar-refractivity contribution in [3.05, 3.63) is 48.0 Å². The minimum absolute atomic E-state index is 0.0170. The third-order valence-corrected chi connectivity index (χ3v) is 5.96. The summed E-state index contributed by atoms with van der Waals surface area (Å²) in [6.45, 7) is 4.01. The van der Waals surface area contributed by atoms with Gasteiger partial charge in [0.2, 0.25) is 0 Å². The van der Waals surface area contributed by atoms with Gasteiger partial charge in [0.05, 0.1) is 6.04 Å². The summed E-state index contributed by atoms with van der Waals surface area (Å²) >= 11 is 0. The number of nitrogens with zero attached hydrogens (tertiary/aromatic N) is 2. The maximum Gasteiger partial charge on any atom is 0.318 e. The largest absolute Gasteiger partial charge is 0.341 e. The third kappa shape index (κ3) is 4.47. The Kier molecular flexibility index (Phi) is 5.60. The summed E-state index contributed by atoms with van der Waals surface area (Å²) in [7, 11) is 1.66. The van der Waals surface area contributed by atoms with E-state index >= 15 is 0 Å². The third-order valence-electron chi connectivity index (χ3n) is 5.96. The Labute approximate surface area is 172 Å². The van der Waals surface area contributed by atoms with Crippen molar-refractivity contribution in [3.63, 3.8) is 0 Å². The number of carbonyl (C=O) groups excluding carboxylic acids is 2. The van der Waals surface area contributed by atoms with Gasteiger partial charge in [-0.3, -0.25) is 0 Å². The number of benzene rings is 2. The van der Waals surface area contributed by atoms with Crippen LogP contribution in [0.2, 0.25) is 0 Å². The molecule has 154 valence electrons. The van der Waals surface area contributed by atoms with Crippen molar-refractivity contribution in [2.75, 3.05) is 20.1 Å². The number of rotatable bonds is 4. The molecule has 1 saturated carbocycles. The van der Waals surface area contributed by atoms with Crippen molar-refractivity contribution in [3.8, 4) is 0 Å². The number of fused-ring (bicyclic) bond motifs is 1. The zero-order chi connectivity index (χ0) is 20.4. The molecule has 6 nitrogen and oxygen atoms in total. The zero-order valence-corrected chi connectivity index (χ0v) is 17.2. The Hall–Kier alpha value is -2.76. The molecule has 0 aromatic heterocycles. The van der Waals surface area contributed by atoms with Gasteiger partial charge in [-0.1, -0.05) is 43.3 Å². The van der Waals surface area contributed by atoms with Gasteiger partial charge in [-0.15, -0.1) is 0 Å². The van der Waals surface area contributed by atoms with E-state index in [1.807, 2.05) is 21.9 Å². The lowest BCUT2D eigenvalue weighted by atomic mass is 9.95. The lowest BCUT2D eigenvalue weighted by Gasteiger charge is -2.42. The molecular formula is C23H30N4O2. The van der Waals surface area contributed by atoms with E-state index in [2.05, 4.69) is 47.9 Å². The molecule has 2 aromatic carbocycles. The lowest BCUT2D eigenvalue weighted by molar-refractivity contribution is 0.0955. The number of likely N-dealkylation sites (tertiary alicyclic amines) is 1. The van der Waals surface area contributed by atoms with E-state index in [0.717, 1.165) is 31.4 Å². The lowest BCUT2D eigenvalue weighted by Crippen LogP contribution is -2.57. The minimum atomic E-state index is -0.0612. The van der Waals surface area contributed by atoms with Crippen LogP contribution in [0.5, 0.6) is 0 Å². The van der Waals surface area contributed by atoms with E-state index in [1.165, 1.54) is 10.8 Å². The molecule has 2 atom stereocenters. The first-order valence-electron chi connectivity index (χ1n) is 10.6. The summed E-state index contributed by atoms with van der Waals surface area (Å²) in [5, 5.41) is 8.22. The number of hydrogen-bond donors (Lipinski definition) is 2. The minimum Gasteiger partial charge on any atom is -0.341 e. The molecule has 0 bridgehead atoms. The van der Waals surface area contributed by atoms with E-state index in [4.69, 9.17) is 0 Å². The summed E-state index contributed by atoms with van der Waals surface area (Å²) in [6.07, 6.45) is 3.04. The summed E-state index contributed by atoms with van der Waals surface area (Å²) in [4.78, 5) is 29.1. The highest BCUT2D eigenvalue weighted by Gasteiger charge is 2.41. The molecule has 29 heavy (non-hydrogen) atoms. The SMILES string of the molecule is CNC(=O)N1CC(C)CC(N(C(=O)NCc2ccc3ccccc3c2)C2CC2)C1. The van der Waals surface area contributed by atoms with Crippen LogP contribution in [0, 0.1) is 5.92 Å². The molecule has 1 aliphatic carbocycles. The van der Waals surface area contributed by atoms with Gasteiger partial charge >= 0.3 is 12.1 Å². The quantitative estimate of drug-likeness (QED) is 0.833. The van der Waals surface area contributed by atoms with Crippen LogP contribution in [0.1, 0.15) is 31.7 Å². The predicted molar refractivity (Wildman–Crippen MR) is 115 cm³/mol. The molecule has 0 spiro atoms. The molecule has 0 radical (unpaired) electrons. The number of carbonyl (C=O) groups is 2. The average Bonchev–Trinajstić information content (AvgIpc) is 3.56. The van der Waals surface area contributed by atoms with Gasteiger partial charge < -0.3 is 20.4 Å². The van der Waals surface area contributed by atoms with Gasteiger partial charge in [0, 0.05) is 32.7 Å². The smallest absolute Gasteiger partial charge is 0.318 e. The van der Waals surface area contributed by atoms with Crippen molar-refractivity contribution < 1.29 is 9.59 Å². The first-order chi connectivity index (χ1) is 14.0. The van der Waals surface area contributed by atoms with Crippen LogP contribution in [-0.4, -0.2) is 54.1 Å². The highest BCUT2D eigenvalue weighted by Crippen LogP contribution is 2.32. The number of hydrogen-bond acceptors (Lipinski definition) is 2. The Morgan fingerprint density at radius 3 is 2.55 bits per heavy atom. The Bertz CT molecular complexity index is 895. The molecule has 2 unspecified atom stereocenters. The van der Waals surface area contributed by atoms with Crippen LogP contribution in [0.25, 0.3) is 10.8 Å². The van der Waals surface area contributed by atoms with Gasteiger partial charge in [0.25, 0.3) is 0 Å². The van der Waals surface area contributed by atoms with Gasteiger partial charge in [0.15, 0.2) is 0 Å². The fourth-order valence-electron chi connectivity index (χ4n) is 4.44. The normalized spacial score (nSPS) is 21.7. The fraction of sp³-hybridized carbons (Fsp3) is 0.478. The standard InChI is InChI=1S/C23H30N4O2/c1-16-11-21(15-26(14-16)22(28)24-2)27(20-9-10-20)23(29)25-13-17-7-8-18-5-3-4-6-19(18)12-17/h3-8,12,16,20-21H,9-11,13-15H2,1-2H3,(H,24,28)(H,25,29). The van der Waals surface area contributed by atoms with Crippen LogP contribution >= 0.6 is 0 Å². The maximum atomic E-state index is 13.1. The van der Waals surface area contributed by atoms with Crippen molar-refractivity contribution in [2.24, 2.45) is 5.92 Å². The molecule has 2 aromatic rings. The molecule has 1 aliphatic heterocycles. The maximum absolute atomic E-state index is 13.1. The Morgan fingerprint density at radius 2 is 1.83 bits per heavy atom. The summed E-state index contributed by atoms with van der Waals surface area (Å²) in [5.41, 5.74) is 1.09. The summed E-state index contributed by atoms with van der Waals surface area (Å²) in [5.74, 6) is 0.376. The monoisotopic (exact) mass is 394 g/mol.